The average molecular weight is 226 g/mol. The summed E-state index contributed by atoms with van der Waals surface area (Å²) in [7, 11) is 1.82. The third-order valence-corrected chi connectivity index (χ3v) is 4.11. The van der Waals surface area contributed by atoms with E-state index in [1.807, 2.05) is 7.11 Å². The highest BCUT2D eigenvalue weighted by Gasteiger charge is 2.25. The Kier molecular flexibility index (Phi) is 5.07. The van der Waals surface area contributed by atoms with Crippen LogP contribution in [0.2, 0.25) is 0 Å². The monoisotopic (exact) mass is 226 g/mol. The van der Waals surface area contributed by atoms with Crippen molar-refractivity contribution in [3.05, 3.63) is 0 Å². The summed E-state index contributed by atoms with van der Waals surface area (Å²) in [6.45, 7) is 5.97. The number of piperidine rings is 1. The first-order valence-electron chi connectivity index (χ1n) is 6.84. The summed E-state index contributed by atoms with van der Waals surface area (Å²) in [6.07, 6.45) is 6.75. The van der Waals surface area contributed by atoms with Crippen molar-refractivity contribution in [2.75, 3.05) is 39.9 Å². The van der Waals surface area contributed by atoms with E-state index in [0.717, 1.165) is 18.6 Å². The van der Waals surface area contributed by atoms with Crippen LogP contribution in [0.1, 0.15) is 32.1 Å². The Labute approximate surface area is 99.5 Å². The quantitative estimate of drug-likeness (QED) is 0.789. The summed E-state index contributed by atoms with van der Waals surface area (Å²) in [6, 6.07) is 0.846. The summed E-state index contributed by atoms with van der Waals surface area (Å²) in [5, 5.41) is 3.50. The second kappa shape index (κ2) is 6.58. The fourth-order valence-corrected chi connectivity index (χ4v) is 3.09. The van der Waals surface area contributed by atoms with Crippen molar-refractivity contribution in [2.24, 2.45) is 5.92 Å². The molecule has 2 fully saturated rings. The fraction of sp³-hybridized carbons (Fsp3) is 1.00. The Morgan fingerprint density at radius 2 is 1.94 bits per heavy atom. The molecule has 3 heteroatoms. The molecular formula is C13H26N2O. The highest BCUT2D eigenvalue weighted by Crippen LogP contribution is 2.22. The van der Waals surface area contributed by atoms with Crippen LogP contribution >= 0.6 is 0 Å². The van der Waals surface area contributed by atoms with Crippen molar-refractivity contribution in [2.45, 2.75) is 38.1 Å². The zero-order valence-electron chi connectivity index (χ0n) is 10.6. The molecule has 1 unspecified atom stereocenters. The lowest BCUT2D eigenvalue weighted by molar-refractivity contribution is 0.0761. The molecule has 2 aliphatic heterocycles. The SMILES string of the molecule is COCC1CCN(C2CCCNCC2)CC1. The van der Waals surface area contributed by atoms with Gasteiger partial charge < -0.3 is 15.0 Å². The highest BCUT2D eigenvalue weighted by molar-refractivity contribution is 4.80. The fourth-order valence-electron chi connectivity index (χ4n) is 3.09. The third-order valence-electron chi connectivity index (χ3n) is 4.11. The van der Waals surface area contributed by atoms with Gasteiger partial charge in [0.1, 0.15) is 0 Å². The standard InChI is InChI=1S/C13H26N2O/c1-16-11-12-5-9-15(10-6-12)13-3-2-7-14-8-4-13/h12-14H,2-11H2,1H3. The number of likely N-dealkylation sites (tertiary alicyclic amines) is 1. The Morgan fingerprint density at radius 3 is 2.69 bits per heavy atom. The van der Waals surface area contributed by atoms with Crippen LogP contribution < -0.4 is 5.32 Å². The zero-order valence-corrected chi connectivity index (χ0v) is 10.6. The number of methoxy groups -OCH3 is 1. The van der Waals surface area contributed by atoms with Crippen LogP contribution in [0.3, 0.4) is 0 Å². The molecule has 3 nitrogen and oxygen atoms in total. The van der Waals surface area contributed by atoms with E-state index in [4.69, 9.17) is 4.74 Å². The summed E-state index contributed by atoms with van der Waals surface area (Å²) in [5.41, 5.74) is 0. The number of nitrogens with one attached hydrogen (secondary N) is 1. The molecule has 2 aliphatic rings. The largest absolute Gasteiger partial charge is 0.384 e. The van der Waals surface area contributed by atoms with Crippen LogP contribution in [-0.4, -0.2) is 50.8 Å². The maximum Gasteiger partial charge on any atom is 0.0491 e. The molecule has 2 saturated heterocycles. The van der Waals surface area contributed by atoms with Crippen molar-refractivity contribution >= 4 is 0 Å². The van der Waals surface area contributed by atoms with Crippen molar-refractivity contribution in [1.29, 1.82) is 0 Å². The minimum atomic E-state index is 0.810. The Balaban J connectivity index is 1.74. The van der Waals surface area contributed by atoms with E-state index in [-0.39, 0.29) is 0 Å². The molecule has 0 aromatic heterocycles. The summed E-state index contributed by atoms with van der Waals surface area (Å²) in [4.78, 5) is 2.72. The van der Waals surface area contributed by atoms with Gasteiger partial charge in [-0.1, -0.05) is 0 Å². The molecule has 0 aromatic rings. The van der Waals surface area contributed by atoms with Gasteiger partial charge in [-0.15, -0.1) is 0 Å². The summed E-state index contributed by atoms with van der Waals surface area (Å²) >= 11 is 0. The van der Waals surface area contributed by atoms with Crippen LogP contribution in [0.5, 0.6) is 0 Å². The molecule has 2 rings (SSSR count). The smallest absolute Gasteiger partial charge is 0.0491 e. The van der Waals surface area contributed by atoms with Gasteiger partial charge in [0, 0.05) is 19.8 Å². The Morgan fingerprint density at radius 1 is 1.12 bits per heavy atom. The van der Waals surface area contributed by atoms with Crippen molar-refractivity contribution < 1.29 is 4.74 Å². The van der Waals surface area contributed by atoms with Gasteiger partial charge in [-0.25, -0.2) is 0 Å². The molecule has 0 bridgehead atoms. The van der Waals surface area contributed by atoms with Crippen LogP contribution in [0.25, 0.3) is 0 Å². The van der Waals surface area contributed by atoms with Gasteiger partial charge in [0.15, 0.2) is 0 Å². The lowest BCUT2D eigenvalue weighted by Crippen LogP contribution is -2.42. The molecule has 0 amide bonds. The van der Waals surface area contributed by atoms with E-state index in [2.05, 4.69) is 10.2 Å². The van der Waals surface area contributed by atoms with Gasteiger partial charge in [-0.3, -0.25) is 0 Å². The number of rotatable bonds is 3. The molecule has 0 aromatic carbocycles. The molecule has 1 N–H and O–H groups in total. The lowest BCUT2D eigenvalue weighted by Gasteiger charge is -2.37. The van der Waals surface area contributed by atoms with Gasteiger partial charge >= 0.3 is 0 Å². The number of hydrogen-bond donors (Lipinski definition) is 1. The molecule has 0 radical (unpaired) electrons. The van der Waals surface area contributed by atoms with Gasteiger partial charge in [0.25, 0.3) is 0 Å². The molecular weight excluding hydrogens is 200 g/mol. The van der Waals surface area contributed by atoms with Crippen molar-refractivity contribution in [1.82, 2.24) is 10.2 Å². The van der Waals surface area contributed by atoms with Gasteiger partial charge in [-0.05, 0) is 64.2 Å². The summed E-state index contributed by atoms with van der Waals surface area (Å²) in [5.74, 6) is 0.810. The molecule has 94 valence electrons. The van der Waals surface area contributed by atoms with Crippen LogP contribution in [0.15, 0.2) is 0 Å². The molecule has 2 heterocycles. The Hall–Kier alpha value is -0.120. The lowest BCUT2D eigenvalue weighted by atomic mass is 9.95. The first-order valence-corrected chi connectivity index (χ1v) is 6.84. The van der Waals surface area contributed by atoms with E-state index in [9.17, 15) is 0 Å². The van der Waals surface area contributed by atoms with Gasteiger partial charge in [0.05, 0.1) is 0 Å². The molecule has 1 atom stereocenters. The first kappa shape index (κ1) is 12.3. The highest BCUT2D eigenvalue weighted by atomic mass is 16.5. The van der Waals surface area contributed by atoms with E-state index in [1.54, 1.807) is 0 Å². The van der Waals surface area contributed by atoms with E-state index < -0.39 is 0 Å². The van der Waals surface area contributed by atoms with E-state index in [1.165, 1.54) is 58.3 Å². The van der Waals surface area contributed by atoms with E-state index in [0.29, 0.717) is 0 Å². The van der Waals surface area contributed by atoms with Crippen molar-refractivity contribution in [3.63, 3.8) is 0 Å². The summed E-state index contributed by atoms with van der Waals surface area (Å²) < 4.78 is 5.25. The molecule has 0 saturated carbocycles. The topological polar surface area (TPSA) is 24.5 Å². The number of ether oxygens (including phenoxy) is 1. The first-order chi connectivity index (χ1) is 7.90. The third kappa shape index (κ3) is 3.44. The predicted octanol–water partition coefficient (Wildman–Crippen LogP) is 1.49. The number of nitrogens with zero attached hydrogens (tertiary/aromatic N) is 1. The van der Waals surface area contributed by atoms with Gasteiger partial charge in [0.2, 0.25) is 0 Å². The normalized spacial score (nSPS) is 30.2. The van der Waals surface area contributed by atoms with Crippen molar-refractivity contribution in [3.8, 4) is 0 Å². The molecule has 0 aliphatic carbocycles. The maximum absolute atomic E-state index is 5.25. The van der Waals surface area contributed by atoms with Crippen LogP contribution in [-0.2, 0) is 4.74 Å². The minimum Gasteiger partial charge on any atom is -0.384 e. The molecule has 0 spiro atoms. The van der Waals surface area contributed by atoms with Crippen LogP contribution in [0, 0.1) is 5.92 Å². The minimum absolute atomic E-state index is 0.810. The Bertz CT molecular complexity index is 182. The predicted molar refractivity (Wildman–Crippen MR) is 66.7 cm³/mol. The second-order valence-corrected chi connectivity index (χ2v) is 5.27. The number of hydrogen-bond acceptors (Lipinski definition) is 3. The van der Waals surface area contributed by atoms with Crippen LogP contribution in [0.4, 0.5) is 0 Å². The average Bonchev–Trinajstić information content (AvgIpc) is 2.59. The zero-order chi connectivity index (χ0) is 11.2. The molecule has 16 heavy (non-hydrogen) atoms. The second-order valence-electron chi connectivity index (χ2n) is 5.27. The maximum atomic E-state index is 5.25. The van der Waals surface area contributed by atoms with E-state index >= 15 is 0 Å². The van der Waals surface area contributed by atoms with Gasteiger partial charge in [-0.2, -0.15) is 0 Å².